The molecule has 0 radical (unpaired) electrons. The van der Waals surface area contributed by atoms with Crippen molar-refractivity contribution >= 4 is 23.9 Å². The van der Waals surface area contributed by atoms with E-state index in [2.05, 4.69) is 54.5 Å². The van der Waals surface area contributed by atoms with Crippen LogP contribution in [0.15, 0.2) is 11.6 Å². The fraction of sp³-hybridized carbons (Fsp3) is 0.872. The Morgan fingerprint density at radius 1 is 0.776 bits per heavy atom. The molecule has 7 fully saturated rings. The molecular weight excluding hydrogens is 884 g/mol. The molecular formula is C47H70O20. The monoisotopic (exact) mass is 954 g/mol. The fourth-order valence-electron chi connectivity index (χ4n) is 15.0. The Labute approximate surface area is 388 Å². The van der Waals surface area contributed by atoms with Crippen LogP contribution in [0.5, 0.6) is 0 Å². The number of fused-ring (bicyclic) bond motifs is 8. The minimum atomic E-state index is -3.33. The molecule has 5 aliphatic carbocycles. The van der Waals surface area contributed by atoms with Gasteiger partial charge in [0, 0.05) is 0 Å². The molecule has 378 valence electrons. The summed E-state index contributed by atoms with van der Waals surface area (Å²) in [4.78, 5) is 50.1. The summed E-state index contributed by atoms with van der Waals surface area (Å²) in [5, 5.41) is 92.8. The maximum absolute atomic E-state index is 14.2. The van der Waals surface area contributed by atoms with Gasteiger partial charge in [0.2, 0.25) is 12.6 Å². The second kappa shape index (κ2) is 17.5. The summed E-state index contributed by atoms with van der Waals surface area (Å²) in [5.41, 5.74) is 0.0765. The Kier molecular flexibility index (Phi) is 13.2. The zero-order valence-corrected chi connectivity index (χ0v) is 39.2. The van der Waals surface area contributed by atoms with Crippen molar-refractivity contribution in [2.75, 3.05) is 13.2 Å². The van der Waals surface area contributed by atoms with Gasteiger partial charge in [0.05, 0.1) is 18.6 Å². The lowest BCUT2D eigenvalue weighted by atomic mass is 9.34. The Balaban J connectivity index is 1.01. The van der Waals surface area contributed by atoms with Crippen molar-refractivity contribution in [3.05, 3.63) is 11.6 Å². The van der Waals surface area contributed by atoms with Crippen molar-refractivity contribution in [2.24, 2.45) is 56.7 Å². The molecule has 0 aromatic heterocycles. The number of hydrogen-bond acceptors (Lipinski definition) is 17. The third-order valence-corrected chi connectivity index (χ3v) is 18.4. The number of carboxylic acids is 3. The first kappa shape index (κ1) is 50.5. The molecule has 0 bridgehead atoms. The molecule has 4 saturated carbocycles. The van der Waals surface area contributed by atoms with E-state index in [1.165, 1.54) is 5.57 Å². The predicted molar refractivity (Wildman–Crippen MR) is 226 cm³/mol. The SMILES string of the molecule is CC1(C)CC(C(=O)OC2OC(CO)C(O)C(O)C2O)C2CCC3(C)C(=CCC4C5(C)CCC(OC6OC(C(=O)O)C7OC(O)(C(=O)O)C(OCC(=O)O)OC7C6O)C(C)(C)C5CCC43C)C2C1. The number of carbonyl (C=O) groups excluding carboxylic acids is 1. The molecule has 8 aliphatic rings. The molecule has 3 aliphatic heterocycles. The molecule has 20 nitrogen and oxygen atoms in total. The summed E-state index contributed by atoms with van der Waals surface area (Å²) in [6.45, 7) is 14.0. The number of esters is 1. The van der Waals surface area contributed by atoms with Crippen LogP contribution in [-0.2, 0) is 52.3 Å². The number of aliphatic carboxylic acids is 3. The highest BCUT2D eigenvalue weighted by molar-refractivity contribution is 5.77. The molecule has 67 heavy (non-hydrogen) atoms. The minimum Gasteiger partial charge on any atom is -0.480 e. The van der Waals surface area contributed by atoms with Crippen LogP contribution in [0.2, 0.25) is 0 Å². The van der Waals surface area contributed by atoms with Crippen molar-refractivity contribution in [3.8, 4) is 0 Å². The van der Waals surface area contributed by atoms with Crippen LogP contribution >= 0.6 is 0 Å². The van der Waals surface area contributed by atoms with Gasteiger partial charge in [0.1, 0.15) is 49.3 Å². The highest BCUT2D eigenvalue weighted by Crippen LogP contribution is 2.75. The van der Waals surface area contributed by atoms with E-state index in [1.54, 1.807) is 0 Å². The van der Waals surface area contributed by atoms with E-state index in [1.807, 2.05) is 0 Å². The molecule has 21 unspecified atom stereocenters. The van der Waals surface area contributed by atoms with Crippen LogP contribution in [0.25, 0.3) is 0 Å². The molecule has 0 amide bonds. The van der Waals surface area contributed by atoms with Crippen LogP contribution in [0.1, 0.15) is 106 Å². The van der Waals surface area contributed by atoms with Gasteiger partial charge >= 0.3 is 29.7 Å². The van der Waals surface area contributed by atoms with Gasteiger partial charge in [-0.15, -0.1) is 0 Å². The van der Waals surface area contributed by atoms with E-state index in [-0.39, 0.29) is 45.3 Å². The van der Waals surface area contributed by atoms with E-state index >= 15 is 0 Å². The number of aliphatic hydroxyl groups excluding tert-OH is 5. The molecule has 9 N–H and O–H groups in total. The fourth-order valence-corrected chi connectivity index (χ4v) is 15.0. The molecule has 3 heterocycles. The van der Waals surface area contributed by atoms with Crippen LogP contribution in [-0.4, -0.2) is 163 Å². The van der Waals surface area contributed by atoms with Gasteiger partial charge in [-0.05, 0) is 109 Å². The van der Waals surface area contributed by atoms with Crippen molar-refractivity contribution in [2.45, 2.75) is 186 Å². The molecule has 3 saturated heterocycles. The van der Waals surface area contributed by atoms with Crippen molar-refractivity contribution in [1.82, 2.24) is 0 Å². The number of aliphatic hydroxyl groups is 6. The highest BCUT2D eigenvalue weighted by Gasteiger charge is 2.69. The van der Waals surface area contributed by atoms with Crippen LogP contribution in [0, 0.1) is 56.7 Å². The summed E-state index contributed by atoms with van der Waals surface area (Å²) < 4.78 is 39.7. The lowest BCUT2D eigenvalue weighted by molar-refractivity contribution is -0.435. The predicted octanol–water partition coefficient (Wildman–Crippen LogP) is 1.53. The van der Waals surface area contributed by atoms with Crippen molar-refractivity contribution in [1.29, 1.82) is 0 Å². The van der Waals surface area contributed by atoms with Gasteiger partial charge in [0.25, 0.3) is 0 Å². The molecule has 21 atom stereocenters. The molecule has 0 aromatic rings. The first-order valence-electron chi connectivity index (χ1n) is 23.7. The average Bonchev–Trinajstić information content (AvgIpc) is 3.24. The number of allylic oxidation sites excluding steroid dienone is 2. The third kappa shape index (κ3) is 8.06. The number of rotatable bonds is 10. The summed E-state index contributed by atoms with van der Waals surface area (Å²) in [7, 11) is 0. The Morgan fingerprint density at radius 2 is 1.48 bits per heavy atom. The largest absolute Gasteiger partial charge is 0.480 e. The topological polar surface area (TPSA) is 315 Å². The highest BCUT2D eigenvalue weighted by atomic mass is 16.8. The minimum absolute atomic E-state index is 0.0335. The Hall–Kier alpha value is -2.86. The lowest BCUT2D eigenvalue weighted by Crippen LogP contribution is -2.72. The second-order valence-corrected chi connectivity index (χ2v) is 22.9. The maximum Gasteiger partial charge on any atom is 0.369 e. The van der Waals surface area contributed by atoms with Gasteiger partial charge < -0.3 is 79.1 Å². The van der Waals surface area contributed by atoms with Crippen molar-refractivity contribution < 1.29 is 98.3 Å². The van der Waals surface area contributed by atoms with Gasteiger partial charge in [0.15, 0.2) is 12.4 Å². The van der Waals surface area contributed by atoms with Gasteiger partial charge in [-0.3, -0.25) is 4.79 Å². The zero-order valence-electron chi connectivity index (χ0n) is 39.2. The molecule has 0 spiro atoms. The Bertz CT molecular complexity index is 1970. The third-order valence-electron chi connectivity index (χ3n) is 18.4. The number of carbonyl (C=O) groups is 4. The maximum atomic E-state index is 14.2. The van der Waals surface area contributed by atoms with Gasteiger partial charge in [-0.2, -0.15) is 0 Å². The summed E-state index contributed by atoms with van der Waals surface area (Å²) in [5.74, 6) is -9.12. The lowest BCUT2D eigenvalue weighted by Gasteiger charge is -2.71. The molecule has 8 rings (SSSR count). The number of hydrogen-bond donors (Lipinski definition) is 9. The number of carboxylic acid groups (broad SMARTS) is 3. The molecule has 0 aromatic carbocycles. The van der Waals surface area contributed by atoms with E-state index in [9.17, 15) is 60.0 Å². The van der Waals surface area contributed by atoms with E-state index in [0.29, 0.717) is 12.8 Å². The van der Waals surface area contributed by atoms with E-state index in [4.69, 9.17) is 38.3 Å². The van der Waals surface area contributed by atoms with Crippen LogP contribution in [0.3, 0.4) is 0 Å². The molecule has 20 heteroatoms. The normalized spacial score (nSPS) is 49.9. The quantitative estimate of drug-likeness (QED) is 0.0852. The van der Waals surface area contributed by atoms with E-state index < -0.39 is 128 Å². The first-order chi connectivity index (χ1) is 31.1. The van der Waals surface area contributed by atoms with Crippen LogP contribution < -0.4 is 0 Å². The smallest absolute Gasteiger partial charge is 0.369 e. The van der Waals surface area contributed by atoms with Crippen LogP contribution in [0.4, 0.5) is 0 Å². The summed E-state index contributed by atoms with van der Waals surface area (Å²) >= 11 is 0. The first-order valence-corrected chi connectivity index (χ1v) is 23.7. The summed E-state index contributed by atoms with van der Waals surface area (Å²) in [6.07, 6.45) is -10.0. The van der Waals surface area contributed by atoms with E-state index in [0.717, 1.165) is 44.9 Å². The number of ether oxygens (including phenoxy) is 7. The standard InChI is InChI=1S/C47H70O20/c1-42(2)16-21-20(22(17-42)37(57)66-38-31(53)30(52)29(51)24(18-48)62-38)10-14-45(6)23(21)8-9-26-44(5)13-12-27(43(3,4)25(44)11-15-46(26,45)7)63-39-32(54)33-34(35(64-39)36(55)56)67-47(60,40(58)59)41(65-33)61-19-28(49)50/h8,20-22,24-27,29-35,38-39,41,48,51-54,60H,9-19H2,1-7H3,(H,49,50)(H,55,56)(H,58,59). The average molecular weight is 955 g/mol. The van der Waals surface area contributed by atoms with Gasteiger partial charge in [-0.1, -0.05) is 60.1 Å². The van der Waals surface area contributed by atoms with Gasteiger partial charge in [-0.25, -0.2) is 14.4 Å². The zero-order chi connectivity index (χ0) is 49.1. The Morgan fingerprint density at radius 3 is 2.12 bits per heavy atom. The summed E-state index contributed by atoms with van der Waals surface area (Å²) in [6, 6.07) is 0. The second-order valence-electron chi connectivity index (χ2n) is 22.9. The van der Waals surface area contributed by atoms with Crippen molar-refractivity contribution in [3.63, 3.8) is 0 Å².